The second-order valence-corrected chi connectivity index (χ2v) is 10.2. The van der Waals surface area contributed by atoms with Gasteiger partial charge in [-0.25, -0.2) is 9.67 Å². The van der Waals surface area contributed by atoms with Crippen molar-refractivity contribution in [2.75, 3.05) is 0 Å². The van der Waals surface area contributed by atoms with Crippen LogP contribution in [-0.2, 0) is 6.42 Å². The second kappa shape index (κ2) is 7.01. The van der Waals surface area contributed by atoms with Gasteiger partial charge in [-0.2, -0.15) is 5.10 Å². The van der Waals surface area contributed by atoms with Gasteiger partial charge in [0, 0.05) is 28.3 Å². The van der Waals surface area contributed by atoms with E-state index < -0.39 is 0 Å². The maximum absolute atomic E-state index is 13.4. The molecule has 30 heavy (non-hydrogen) atoms. The van der Waals surface area contributed by atoms with Gasteiger partial charge in [-0.15, -0.1) is 0 Å². The van der Waals surface area contributed by atoms with Gasteiger partial charge in [0.1, 0.15) is 0 Å². The van der Waals surface area contributed by atoms with Crippen molar-refractivity contribution in [3.8, 4) is 5.82 Å². The first-order chi connectivity index (χ1) is 14.3. The molecular formula is C23H24BrN5O. The molecule has 5 rings (SSSR count). The molecule has 154 valence electrons. The van der Waals surface area contributed by atoms with Crippen LogP contribution >= 0.6 is 15.9 Å². The topological polar surface area (TPSA) is 72.7 Å². The van der Waals surface area contributed by atoms with Gasteiger partial charge in [0.2, 0.25) is 0 Å². The predicted octanol–water partition coefficient (Wildman–Crippen LogP) is 4.60. The first-order valence-electron chi connectivity index (χ1n) is 10.3. The van der Waals surface area contributed by atoms with Crippen molar-refractivity contribution in [2.24, 2.45) is 11.3 Å². The smallest absolute Gasteiger partial charge is 0.272 e. The van der Waals surface area contributed by atoms with E-state index in [9.17, 15) is 4.79 Å². The number of amides is 1. The van der Waals surface area contributed by atoms with E-state index in [1.165, 1.54) is 6.42 Å². The van der Waals surface area contributed by atoms with Crippen LogP contribution in [0.3, 0.4) is 0 Å². The van der Waals surface area contributed by atoms with Crippen LogP contribution in [0.25, 0.3) is 5.82 Å². The lowest BCUT2D eigenvalue weighted by Gasteiger charge is -2.30. The van der Waals surface area contributed by atoms with Crippen molar-refractivity contribution in [1.82, 2.24) is 25.1 Å². The van der Waals surface area contributed by atoms with E-state index in [0.717, 1.165) is 33.7 Å². The van der Waals surface area contributed by atoms with Crippen molar-refractivity contribution in [1.29, 1.82) is 0 Å². The zero-order chi connectivity index (χ0) is 21.0. The lowest BCUT2D eigenvalue weighted by atomic mass is 9.84. The number of aromatic nitrogens is 4. The normalized spacial score (nSPS) is 20.4. The fourth-order valence-electron chi connectivity index (χ4n) is 4.45. The molecule has 3 aromatic heterocycles. The molecule has 1 fully saturated rings. The van der Waals surface area contributed by atoms with E-state index in [0.29, 0.717) is 17.5 Å². The van der Waals surface area contributed by atoms with Crippen molar-refractivity contribution < 1.29 is 4.79 Å². The Morgan fingerprint density at radius 1 is 1.23 bits per heavy atom. The van der Waals surface area contributed by atoms with E-state index in [-0.39, 0.29) is 17.4 Å². The molecule has 2 aliphatic rings. The molecule has 6 nitrogen and oxygen atoms in total. The van der Waals surface area contributed by atoms with Crippen LogP contribution in [0.5, 0.6) is 0 Å². The summed E-state index contributed by atoms with van der Waals surface area (Å²) >= 11 is 3.43. The Morgan fingerprint density at radius 3 is 2.73 bits per heavy atom. The SMILES string of the molecule is CC(C)(C)[C@@H](NC(=O)c1nn(-c2ccc(Br)cn2)c2c1C[C@H]1C[C@@H]21)c1ccccn1. The highest BCUT2D eigenvalue weighted by molar-refractivity contribution is 9.10. The maximum atomic E-state index is 13.4. The summed E-state index contributed by atoms with van der Waals surface area (Å²) in [5, 5.41) is 7.96. The van der Waals surface area contributed by atoms with Crippen LogP contribution in [-0.4, -0.2) is 25.7 Å². The zero-order valence-corrected chi connectivity index (χ0v) is 18.8. The molecule has 3 aromatic rings. The Hall–Kier alpha value is -2.54. The molecule has 1 N–H and O–H groups in total. The molecule has 1 amide bonds. The first-order valence-corrected chi connectivity index (χ1v) is 11.1. The summed E-state index contributed by atoms with van der Waals surface area (Å²) in [7, 11) is 0. The number of halogens is 1. The number of hydrogen-bond acceptors (Lipinski definition) is 4. The van der Waals surface area contributed by atoms with Crippen LogP contribution in [0.15, 0.2) is 47.2 Å². The Bertz CT molecular complexity index is 1100. The van der Waals surface area contributed by atoms with Gasteiger partial charge in [0.15, 0.2) is 11.5 Å². The first kappa shape index (κ1) is 19.4. The maximum Gasteiger partial charge on any atom is 0.272 e. The number of hydrogen-bond donors (Lipinski definition) is 1. The zero-order valence-electron chi connectivity index (χ0n) is 17.3. The number of carbonyl (C=O) groups excluding carboxylic acids is 1. The summed E-state index contributed by atoms with van der Waals surface area (Å²) in [4.78, 5) is 22.4. The van der Waals surface area contributed by atoms with Crippen LogP contribution in [0.4, 0.5) is 0 Å². The summed E-state index contributed by atoms with van der Waals surface area (Å²) in [6.07, 6.45) is 5.62. The Morgan fingerprint density at radius 2 is 2.07 bits per heavy atom. The van der Waals surface area contributed by atoms with E-state index in [1.54, 1.807) is 12.4 Å². The van der Waals surface area contributed by atoms with Crippen LogP contribution in [0, 0.1) is 11.3 Å². The molecule has 3 heterocycles. The molecule has 2 aliphatic carbocycles. The third-order valence-corrected chi connectivity index (χ3v) is 6.50. The van der Waals surface area contributed by atoms with E-state index in [1.807, 2.05) is 35.0 Å². The van der Waals surface area contributed by atoms with Gasteiger partial charge in [0.05, 0.1) is 17.4 Å². The quantitative estimate of drug-likeness (QED) is 0.610. The average molecular weight is 466 g/mol. The molecule has 1 saturated carbocycles. The van der Waals surface area contributed by atoms with E-state index in [4.69, 9.17) is 5.10 Å². The largest absolute Gasteiger partial charge is 0.342 e. The Labute approximate surface area is 184 Å². The highest BCUT2D eigenvalue weighted by Crippen LogP contribution is 2.57. The molecule has 0 aliphatic heterocycles. The Balaban J connectivity index is 1.51. The number of carbonyl (C=O) groups is 1. The molecule has 0 saturated heterocycles. The molecule has 0 radical (unpaired) electrons. The van der Waals surface area contributed by atoms with Gasteiger partial charge < -0.3 is 5.32 Å². The van der Waals surface area contributed by atoms with E-state index in [2.05, 4.69) is 52.0 Å². The highest BCUT2D eigenvalue weighted by Gasteiger charge is 2.50. The number of fused-ring (bicyclic) bond motifs is 3. The minimum Gasteiger partial charge on any atom is -0.342 e. The fraction of sp³-hybridized carbons (Fsp3) is 0.391. The number of pyridine rings is 2. The molecule has 0 unspecified atom stereocenters. The monoisotopic (exact) mass is 465 g/mol. The van der Waals surface area contributed by atoms with Gasteiger partial charge in [-0.3, -0.25) is 9.78 Å². The number of nitrogens with one attached hydrogen (secondary N) is 1. The minimum absolute atomic E-state index is 0.144. The summed E-state index contributed by atoms with van der Waals surface area (Å²) in [6, 6.07) is 9.46. The van der Waals surface area contributed by atoms with Gasteiger partial charge in [0.25, 0.3) is 5.91 Å². The summed E-state index contributed by atoms with van der Waals surface area (Å²) in [5.74, 6) is 1.74. The molecule has 3 atom stereocenters. The number of nitrogens with zero attached hydrogens (tertiary/aromatic N) is 4. The molecule has 0 bridgehead atoms. The standard InChI is InChI=1S/C23H24BrN5O/c1-23(2,3)21(17-6-4-5-9-25-17)27-22(30)19-16-11-13-10-15(13)20(16)29(28-19)18-8-7-14(24)12-26-18/h4-9,12-13,15,21H,10-11H2,1-3H3,(H,27,30)/t13-,15-,21+/m1/s1. The van der Waals surface area contributed by atoms with Crippen LogP contribution < -0.4 is 5.32 Å². The van der Waals surface area contributed by atoms with Crippen molar-refractivity contribution in [2.45, 2.75) is 45.6 Å². The van der Waals surface area contributed by atoms with E-state index >= 15 is 0 Å². The minimum atomic E-state index is -0.214. The average Bonchev–Trinajstić information content (AvgIpc) is 3.22. The van der Waals surface area contributed by atoms with Crippen LogP contribution in [0.1, 0.15) is 66.6 Å². The lowest BCUT2D eigenvalue weighted by Crippen LogP contribution is -2.37. The Kier molecular flexibility index (Phi) is 4.54. The summed E-state index contributed by atoms with van der Waals surface area (Å²) in [5.41, 5.74) is 3.42. The fourth-order valence-corrected chi connectivity index (χ4v) is 4.68. The predicted molar refractivity (Wildman–Crippen MR) is 118 cm³/mol. The lowest BCUT2D eigenvalue weighted by molar-refractivity contribution is 0.0893. The van der Waals surface area contributed by atoms with Crippen molar-refractivity contribution in [3.63, 3.8) is 0 Å². The van der Waals surface area contributed by atoms with Crippen LogP contribution in [0.2, 0.25) is 0 Å². The highest BCUT2D eigenvalue weighted by atomic mass is 79.9. The molecule has 0 aromatic carbocycles. The molecular weight excluding hydrogens is 442 g/mol. The molecule has 7 heteroatoms. The van der Waals surface area contributed by atoms with Gasteiger partial charge in [-0.05, 0) is 64.4 Å². The summed E-state index contributed by atoms with van der Waals surface area (Å²) in [6.45, 7) is 6.32. The second-order valence-electron chi connectivity index (χ2n) is 9.29. The third kappa shape index (κ3) is 3.35. The number of rotatable bonds is 4. The third-order valence-electron chi connectivity index (χ3n) is 6.03. The van der Waals surface area contributed by atoms with Gasteiger partial charge in [-0.1, -0.05) is 26.8 Å². The van der Waals surface area contributed by atoms with Gasteiger partial charge >= 0.3 is 0 Å². The summed E-state index contributed by atoms with van der Waals surface area (Å²) < 4.78 is 2.79. The van der Waals surface area contributed by atoms with Crippen molar-refractivity contribution in [3.05, 3.63) is 69.8 Å². The van der Waals surface area contributed by atoms with Crippen molar-refractivity contribution >= 4 is 21.8 Å². The molecule has 0 spiro atoms.